The lowest BCUT2D eigenvalue weighted by Crippen LogP contribution is -2.10. The number of nitrogens with zero attached hydrogens (tertiary/aromatic N) is 3. The van der Waals surface area contributed by atoms with Gasteiger partial charge in [-0.05, 0) is 49.9 Å². The smallest absolute Gasteiger partial charge is 0.345 e. The van der Waals surface area contributed by atoms with Crippen LogP contribution in [0.2, 0.25) is 0 Å². The summed E-state index contributed by atoms with van der Waals surface area (Å²) >= 11 is 1.24. The molecule has 0 aliphatic carbocycles. The van der Waals surface area contributed by atoms with E-state index in [1.54, 1.807) is 6.07 Å². The number of rotatable bonds is 9. The Bertz CT molecular complexity index is 1570. The lowest BCUT2D eigenvalue weighted by Gasteiger charge is -2.10. The Balaban J connectivity index is 0.000000178. The molecule has 5 rings (SSSR count). The highest BCUT2D eigenvalue weighted by Gasteiger charge is 2.14. The minimum Gasteiger partial charge on any atom is -0.493 e. The van der Waals surface area contributed by atoms with Crippen LogP contribution in [0.4, 0.5) is 0 Å². The van der Waals surface area contributed by atoms with Crippen molar-refractivity contribution in [2.45, 2.75) is 27.2 Å². The fourth-order valence-electron chi connectivity index (χ4n) is 3.57. The summed E-state index contributed by atoms with van der Waals surface area (Å²) in [5.41, 5.74) is 0.877. The van der Waals surface area contributed by atoms with Crippen molar-refractivity contribution in [2.75, 3.05) is 19.8 Å². The van der Waals surface area contributed by atoms with Crippen LogP contribution in [0.3, 0.4) is 0 Å². The van der Waals surface area contributed by atoms with E-state index in [0.29, 0.717) is 47.8 Å². The van der Waals surface area contributed by atoms with Crippen molar-refractivity contribution in [3.63, 3.8) is 0 Å². The van der Waals surface area contributed by atoms with E-state index in [1.807, 2.05) is 57.2 Å². The summed E-state index contributed by atoms with van der Waals surface area (Å²) in [4.78, 5) is 30.2. The van der Waals surface area contributed by atoms with Crippen molar-refractivity contribution in [1.82, 2.24) is 25.4 Å². The highest BCUT2D eigenvalue weighted by atomic mass is 32.1. The van der Waals surface area contributed by atoms with Crippen molar-refractivity contribution in [3.8, 4) is 28.6 Å². The summed E-state index contributed by atoms with van der Waals surface area (Å²) in [6, 6.07) is 12.7. The number of thiophene rings is 1. The molecule has 0 bridgehead atoms. The molecule has 198 valence electrons. The van der Waals surface area contributed by atoms with Gasteiger partial charge in [-0.2, -0.15) is 5.21 Å². The first-order valence-electron chi connectivity index (χ1n) is 12.0. The van der Waals surface area contributed by atoms with Crippen LogP contribution >= 0.6 is 11.3 Å². The lowest BCUT2D eigenvalue weighted by atomic mass is 10.2. The predicted molar refractivity (Wildman–Crippen MR) is 145 cm³/mol. The van der Waals surface area contributed by atoms with E-state index in [9.17, 15) is 9.59 Å². The second-order valence-electron chi connectivity index (χ2n) is 7.87. The number of ether oxygens (including phenoxy) is 3. The van der Waals surface area contributed by atoms with E-state index >= 15 is 0 Å². The van der Waals surface area contributed by atoms with Gasteiger partial charge in [-0.15, -0.1) is 21.5 Å². The Morgan fingerprint density at radius 2 is 1.71 bits per heavy atom. The molecule has 2 aromatic carbocycles. The van der Waals surface area contributed by atoms with Gasteiger partial charge in [-0.25, -0.2) is 9.78 Å². The summed E-state index contributed by atoms with van der Waals surface area (Å²) in [5, 5.41) is 19.8. The third kappa shape index (κ3) is 5.92. The molecule has 0 fully saturated rings. The van der Waals surface area contributed by atoms with Crippen molar-refractivity contribution in [1.29, 1.82) is 0 Å². The van der Waals surface area contributed by atoms with Gasteiger partial charge in [0.05, 0.1) is 25.4 Å². The highest BCUT2D eigenvalue weighted by molar-refractivity contribution is 7.20. The fourth-order valence-corrected chi connectivity index (χ4v) is 4.49. The zero-order valence-corrected chi connectivity index (χ0v) is 21.9. The Hall–Kier alpha value is -4.45. The van der Waals surface area contributed by atoms with E-state index in [0.717, 1.165) is 22.1 Å². The Morgan fingerprint density at radius 3 is 2.42 bits per heavy atom. The molecule has 5 aromatic rings. The fraction of sp³-hybridized carbons (Fsp3) is 0.269. The number of hydrogen-bond donors (Lipinski definition) is 3. The number of carboxylic acids is 1. The van der Waals surface area contributed by atoms with Gasteiger partial charge in [0.1, 0.15) is 16.5 Å². The van der Waals surface area contributed by atoms with Crippen LogP contribution in [0.1, 0.15) is 36.9 Å². The molecular weight excluding hydrogens is 510 g/mol. The van der Waals surface area contributed by atoms with Crippen LogP contribution in [0, 0.1) is 0 Å². The van der Waals surface area contributed by atoms with Crippen LogP contribution in [0.15, 0.2) is 47.3 Å². The largest absolute Gasteiger partial charge is 0.493 e. The van der Waals surface area contributed by atoms with Crippen LogP contribution in [-0.4, -0.2) is 56.3 Å². The number of carboxylic acid groups (broad SMARTS) is 1. The maximum Gasteiger partial charge on any atom is 0.345 e. The van der Waals surface area contributed by atoms with Gasteiger partial charge in [0, 0.05) is 10.8 Å². The lowest BCUT2D eigenvalue weighted by molar-refractivity contribution is 0.0702. The van der Waals surface area contributed by atoms with Gasteiger partial charge in [-0.3, -0.25) is 4.79 Å². The summed E-state index contributed by atoms with van der Waals surface area (Å²) in [5.74, 6) is 1.50. The first-order chi connectivity index (χ1) is 18.4. The minimum atomic E-state index is -0.910. The average Bonchev–Trinajstić information content (AvgIpc) is 3.56. The van der Waals surface area contributed by atoms with Gasteiger partial charge < -0.3 is 24.3 Å². The number of hydrogen-bond acceptors (Lipinski definition) is 9. The van der Waals surface area contributed by atoms with Crippen molar-refractivity contribution >= 4 is 38.6 Å². The molecule has 12 heteroatoms. The van der Waals surface area contributed by atoms with Gasteiger partial charge in [0.2, 0.25) is 5.65 Å². The monoisotopic (exact) mass is 537 g/mol. The van der Waals surface area contributed by atoms with Crippen molar-refractivity contribution in [2.24, 2.45) is 0 Å². The Labute approximate surface area is 221 Å². The quantitative estimate of drug-likeness (QED) is 0.238. The van der Waals surface area contributed by atoms with E-state index in [2.05, 4.69) is 25.4 Å². The SMILES string of the molecule is CCCOc1ccccc1-c1nc2n[nH]nc2c(=O)[nH]1.CCOc1cc2cc(C(=O)O)sc2cc1OCC. The van der Waals surface area contributed by atoms with Gasteiger partial charge in [0.25, 0.3) is 5.56 Å². The number of nitrogens with one attached hydrogen (secondary N) is 2. The molecule has 0 radical (unpaired) electrons. The number of carbonyl (C=O) groups is 1. The zero-order chi connectivity index (χ0) is 27.1. The van der Waals surface area contributed by atoms with Crippen LogP contribution in [0.25, 0.3) is 32.6 Å². The van der Waals surface area contributed by atoms with Gasteiger partial charge in [-0.1, -0.05) is 19.1 Å². The molecule has 0 spiro atoms. The molecule has 0 unspecified atom stereocenters. The van der Waals surface area contributed by atoms with E-state index in [1.165, 1.54) is 11.3 Å². The van der Waals surface area contributed by atoms with E-state index < -0.39 is 5.97 Å². The molecule has 0 aliphatic rings. The summed E-state index contributed by atoms with van der Waals surface area (Å²) in [6.45, 7) is 7.52. The molecule has 0 atom stereocenters. The molecule has 0 saturated heterocycles. The average molecular weight is 538 g/mol. The number of para-hydroxylation sites is 1. The molecule has 11 nitrogen and oxygen atoms in total. The Morgan fingerprint density at radius 1 is 0.974 bits per heavy atom. The van der Waals surface area contributed by atoms with Crippen LogP contribution in [0.5, 0.6) is 17.2 Å². The highest BCUT2D eigenvalue weighted by Crippen LogP contribution is 2.36. The minimum absolute atomic E-state index is 0.195. The second-order valence-corrected chi connectivity index (χ2v) is 8.96. The third-order valence-corrected chi connectivity index (χ3v) is 6.28. The summed E-state index contributed by atoms with van der Waals surface area (Å²) in [7, 11) is 0. The molecule has 0 aliphatic heterocycles. The first-order valence-corrected chi connectivity index (χ1v) is 12.9. The number of aromatic amines is 2. The number of H-pyrrole nitrogens is 2. The summed E-state index contributed by atoms with van der Waals surface area (Å²) in [6.07, 6.45) is 0.903. The molecule has 3 aromatic heterocycles. The first kappa shape index (κ1) is 26.6. The van der Waals surface area contributed by atoms with Gasteiger partial charge >= 0.3 is 5.97 Å². The standard InChI is InChI=1S/C13H13N5O2.C13H14O4S/c1-2-7-20-9-6-4-3-5-8(9)11-14-12-10(13(19)15-11)16-18-17-12;1-3-16-9-5-8-6-12(13(14)15)18-11(8)7-10(9)17-4-2/h3-6H,2,7H2,1H3,(H2,14,15,16,17,18,19);5-7H,3-4H2,1-2H3,(H,14,15). The molecule has 3 heterocycles. The maximum absolute atomic E-state index is 11.9. The Kier molecular flexibility index (Phi) is 8.54. The van der Waals surface area contributed by atoms with E-state index in [-0.39, 0.29) is 16.7 Å². The maximum atomic E-state index is 11.9. The number of benzene rings is 2. The van der Waals surface area contributed by atoms with Crippen molar-refractivity contribution in [3.05, 3.63) is 57.7 Å². The number of aromatic carboxylic acids is 1. The van der Waals surface area contributed by atoms with Crippen molar-refractivity contribution < 1.29 is 24.1 Å². The number of fused-ring (bicyclic) bond motifs is 2. The molecular formula is C26H27N5O6S. The topological polar surface area (TPSA) is 152 Å². The zero-order valence-electron chi connectivity index (χ0n) is 21.1. The molecule has 38 heavy (non-hydrogen) atoms. The third-order valence-electron chi connectivity index (χ3n) is 5.19. The number of aromatic nitrogens is 5. The van der Waals surface area contributed by atoms with Gasteiger partial charge in [0.15, 0.2) is 17.0 Å². The van der Waals surface area contributed by atoms with Crippen LogP contribution < -0.4 is 19.8 Å². The normalized spacial score (nSPS) is 10.7. The van der Waals surface area contributed by atoms with E-state index in [4.69, 9.17) is 19.3 Å². The second kappa shape index (κ2) is 12.2. The molecule has 3 N–H and O–H groups in total. The molecule has 0 amide bonds. The van der Waals surface area contributed by atoms with Crippen LogP contribution in [-0.2, 0) is 0 Å². The predicted octanol–water partition coefficient (Wildman–Crippen LogP) is 4.89. The molecule has 0 saturated carbocycles. The summed E-state index contributed by atoms with van der Waals surface area (Å²) < 4.78 is 17.6.